The molecule has 3 aromatic rings. The zero-order valence-corrected chi connectivity index (χ0v) is 17.0. The van der Waals surface area contributed by atoms with Crippen molar-refractivity contribution >= 4 is 21.6 Å². The minimum Gasteiger partial charge on any atom is -0.454 e. The summed E-state index contributed by atoms with van der Waals surface area (Å²) in [5.74, 6) is 0.936. The first-order valence-corrected chi connectivity index (χ1v) is 10.8. The van der Waals surface area contributed by atoms with E-state index in [4.69, 9.17) is 9.47 Å². The van der Waals surface area contributed by atoms with Crippen molar-refractivity contribution in [1.29, 1.82) is 0 Å². The van der Waals surface area contributed by atoms with Crippen molar-refractivity contribution in [1.82, 2.24) is 5.32 Å². The molecular formula is C22H20N2O5S. The standard InChI is InChI=1S/C22H20N2O5S/c1-15-7-9-17(12-21(15)30(26,27)24-18-5-3-2-4-6-18)22(25)23-13-16-8-10-19-20(11-16)29-14-28-19/h2-12,24H,13-14H2,1H3,(H,23,25). The Kier molecular flexibility index (Phi) is 5.33. The Labute approximate surface area is 174 Å². The monoisotopic (exact) mass is 424 g/mol. The molecule has 154 valence electrons. The fourth-order valence-corrected chi connectivity index (χ4v) is 4.41. The van der Waals surface area contributed by atoms with Gasteiger partial charge in [-0.1, -0.05) is 30.3 Å². The normalized spacial score (nSPS) is 12.4. The van der Waals surface area contributed by atoms with Crippen molar-refractivity contribution < 1.29 is 22.7 Å². The highest BCUT2D eigenvalue weighted by atomic mass is 32.2. The van der Waals surface area contributed by atoms with Crippen LogP contribution in [0.25, 0.3) is 0 Å². The van der Waals surface area contributed by atoms with Gasteiger partial charge in [-0.05, 0) is 54.4 Å². The van der Waals surface area contributed by atoms with Gasteiger partial charge >= 0.3 is 0 Å². The topological polar surface area (TPSA) is 93.7 Å². The molecule has 30 heavy (non-hydrogen) atoms. The van der Waals surface area contributed by atoms with Crippen LogP contribution in [0.2, 0.25) is 0 Å². The van der Waals surface area contributed by atoms with Crippen molar-refractivity contribution in [3.8, 4) is 11.5 Å². The number of fused-ring (bicyclic) bond motifs is 1. The van der Waals surface area contributed by atoms with Crippen LogP contribution in [0.4, 0.5) is 5.69 Å². The van der Waals surface area contributed by atoms with E-state index in [0.29, 0.717) is 22.7 Å². The van der Waals surface area contributed by atoms with E-state index < -0.39 is 10.0 Å². The second kappa shape index (κ2) is 8.08. The number of sulfonamides is 1. The molecule has 0 aliphatic carbocycles. The van der Waals surface area contributed by atoms with E-state index in [-0.39, 0.29) is 29.7 Å². The summed E-state index contributed by atoms with van der Waals surface area (Å²) in [6.45, 7) is 2.14. The molecule has 0 atom stereocenters. The molecule has 0 unspecified atom stereocenters. The molecule has 0 saturated carbocycles. The summed E-state index contributed by atoms with van der Waals surface area (Å²) in [4.78, 5) is 12.7. The quantitative estimate of drug-likeness (QED) is 0.632. The number of anilines is 1. The van der Waals surface area contributed by atoms with Crippen LogP contribution < -0.4 is 19.5 Å². The van der Waals surface area contributed by atoms with E-state index in [0.717, 1.165) is 5.56 Å². The first-order chi connectivity index (χ1) is 14.4. The van der Waals surface area contributed by atoms with Crippen LogP contribution in [0.1, 0.15) is 21.5 Å². The van der Waals surface area contributed by atoms with Gasteiger partial charge in [0.05, 0.1) is 4.90 Å². The third kappa shape index (κ3) is 4.23. The van der Waals surface area contributed by atoms with Crippen LogP contribution >= 0.6 is 0 Å². The van der Waals surface area contributed by atoms with Gasteiger partial charge in [-0.25, -0.2) is 8.42 Å². The Morgan fingerprint density at radius 3 is 2.53 bits per heavy atom. The molecule has 0 aromatic heterocycles. The molecule has 1 heterocycles. The summed E-state index contributed by atoms with van der Waals surface area (Å²) >= 11 is 0. The minimum atomic E-state index is -3.83. The van der Waals surface area contributed by atoms with Gasteiger partial charge in [0, 0.05) is 17.8 Å². The van der Waals surface area contributed by atoms with E-state index in [1.807, 2.05) is 6.07 Å². The molecule has 7 nitrogen and oxygen atoms in total. The van der Waals surface area contributed by atoms with Crippen molar-refractivity contribution in [3.05, 3.63) is 83.4 Å². The van der Waals surface area contributed by atoms with Crippen LogP contribution in [-0.4, -0.2) is 21.1 Å². The van der Waals surface area contributed by atoms with Crippen LogP contribution in [0, 0.1) is 6.92 Å². The Morgan fingerprint density at radius 1 is 0.967 bits per heavy atom. The lowest BCUT2D eigenvalue weighted by Gasteiger charge is -2.12. The van der Waals surface area contributed by atoms with Gasteiger partial charge in [0.25, 0.3) is 15.9 Å². The fourth-order valence-electron chi connectivity index (χ4n) is 3.08. The summed E-state index contributed by atoms with van der Waals surface area (Å²) < 4.78 is 38.8. The second-order valence-electron chi connectivity index (χ2n) is 6.82. The third-order valence-electron chi connectivity index (χ3n) is 4.66. The lowest BCUT2D eigenvalue weighted by atomic mass is 10.1. The zero-order chi connectivity index (χ0) is 21.1. The number of carbonyl (C=O) groups is 1. The highest BCUT2D eigenvalue weighted by Crippen LogP contribution is 2.32. The first-order valence-electron chi connectivity index (χ1n) is 9.28. The van der Waals surface area contributed by atoms with Crippen molar-refractivity contribution in [2.45, 2.75) is 18.4 Å². The number of para-hydroxylation sites is 1. The number of carbonyl (C=O) groups excluding carboxylic acids is 1. The molecule has 1 aliphatic heterocycles. The summed E-state index contributed by atoms with van der Waals surface area (Å²) in [5, 5.41) is 2.80. The maximum Gasteiger partial charge on any atom is 0.262 e. The van der Waals surface area contributed by atoms with E-state index in [2.05, 4.69) is 10.0 Å². The van der Waals surface area contributed by atoms with Crippen molar-refractivity contribution in [2.75, 3.05) is 11.5 Å². The van der Waals surface area contributed by atoms with E-state index in [1.54, 1.807) is 61.5 Å². The summed E-state index contributed by atoms with van der Waals surface area (Å²) in [6, 6.07) is 18.6. The molecular weight excluding hydrogens is 404 g/mol. The molecule has 0 saturated heterocycles. The molecule has 1 amide bonds. The first kappa shape index (κ1) is 19.8. The number of hydrogen-bond acceptors (Lipinski definition) is 5. The Hall–Kier alpha value is -3.52. The molecule has 0 spiro atoms. The van der Waals surface area contributed by atoms with Gasteiger partial charge in [0.1, 0.15) is 0 Å². The van der Waals surface area contributed by atoms with Crippen LogP contribution in [0.15, 0.2) is 71.6 Å². The highest BCUT2D eigenvalue weighted by molar-refractivity contribution is 7.92. The second-order valence-corrected chi connectivity index (χ2v) is 8.47. The lowest BCUT2D eigenvalue weighted by molar-refractivity contribution is 0.0950. The molecule has 4 rings (SSSR count). The Balaban J connectivity index is 1.50. The molecule has 0 bridgehead atoms. The molecule has 8 heteroatoms. The number of nitrogens with one attached hydrogen (secondary N) is 2. The van der Waals surface area contributed by atoms with Gasteiger partial charge in [0.2, 0.25) is 6.79 Å². The Morgan fingerprint density at radius 2 is 1.73 bits per heavy atom. The van der Waals surface area contributed by atoms with E-state index in [9.17, 15) is 13.2 Å². The van der Waals surface area contributed by atoms with Gasteiger partial charge in [0.15, 0.2) is 11.5 Å². The summed E-state index contributed by atoms with van der Waals surface area (Å²) in [5.41, 5.74) is 2.10. The van der Waals surface area contributed by atoms with Crippen LogP contribution in [0.3, 0.4) is 0 Å². The van der Waals surface area contributed by atoms with Crippen molar-refractivity contribution in [2.24, 2.45) is 0 Å². The van der Waals surface area contributed by atoms with Crippen LogP contribution in [-0.2, 0) is 16.6 Å². The van der Waals surface area contributed by atoms with E-state index in [1.165, 1.54) is 6.07 Å². The fraction of sp³-hybridized carbons (Fsp3) is 0.136. The summed E-state index contributed by atoms with van der Waals surface area (Å²) in [6.07, 6.45) is 0. The average Bonchev–Trinajstić information content (AvgIpc) is 3.20. The number of benzene rings is 3. The number of amides is 1. The van der Waals surface area contributed by atoms with Gasteiger partial charge < -0.3 is 14.8 Å². The van der Waals surface area contributed by atoms with Gasteiger partial charge in [-0.15, -0.1) is 0 Å². The maximum atomic E-state index is 12.8. The van der Waals surface area contributed by atoms with E-state index >= 15 is 0 Å². The molecule has 1 aliphatic rings. The van der Waals surface area contributed by atoms with Crippen LogP contribution in [0.5, 0.6) is 11.5 Å². The third-order valence-corrected chi connectivity index (χ3v) is 6.18. The zero-order valence-electron chi connectivity index (χ0n) is 16.2. The lowest BCUT2D eigenvalue weighted by Crippen LogP contribution is -2.23. The number of rotatable bonds is 6. The molecule has 0 fully saturated rings. The summed E-state index contributed by atoms with van der Waals surface area (Å²) in [7, 11) is -3.83. The van der Waals surface area contributed by atoms with Crippen molar-refractivity contribution in [3.63, 3.8) is 0 Å². The maximum absolute atomic E-state index is 12.8. The smallest absolute Gasteiger partial charge is 0.262 e. The van der Waals surface area contributed by atoms with Gasteiger partial charge in [-0.2, -0.15) is 0 Å². The highest BCUT2D eigenvalue weighted by Gasteiger charge is 2.20. The number of aryl methyl sites for hydroxylation is 1. The van der Waals surface area contributed by atoms with Gasteiger partial charge in [-0.3, -0.25) is 9.52 Å². The number of hydrogen-bond donors (Lipinski definition) is 2. The Bertz CT molecular complexity index is 1190. The molecule has 2 N–H and O–H groups in total. The molecule has 3 aromatic carbocycles. The molecule has 0 radical (unpaired) electrons. The predicted octanol–water partition coefficient (Wildman–Crippen LogP) is 3.45. The predicted molar refractivity (Wildman–Crippen MR) is 112 cm³/mol. The minimum absolute atomic E-state index is 0.0575. The average molecular weight is 424 g/mol. The SMILES string of the molecule is Cc1ccc(C(=O)NCc2ccc3c(c2)OCO3)cc1S(=O)(=O)Nc1ccccc1. The largest absolute Gasteiger partial charge is 0.454 e. The number of ether oxygens (including phenoxy) is 2.